The third-order valence-electron chi connectivity index (χ3n) is 5.45. The minimum atomic E-state index is -3.27. The molecule has 178 valence electrons. The van der Waals surface area contributed by atoms with Gasteiger partial charge in [0.25, 0.3) is 0 Å². The topological polar surface area (TPSA) is 94.5 Å². The minimum absolute atomic E-state index is 0. The van der Waals surface area contributed by atoms with E-state index < -0.39 is 10.0 Å². The second kappa shape index (κ2) is 9.92. The standard InChI is InChI=1S/C23H28N4O4S.H2S/c1-23(2,3)17-7-5-16(6-8-17)19-13-20-21(25-10-9-24-20)22(26-19)31-15-18-14-27(11-12-30-18)32(4,28)29;/h5-10,13,18H,11-12,14-15H2,1-4H3;1H2/t18-;/m0./s1. The summed E-state index contributed by atoms with van der Waals surface area (Å²) in [6.45, 7) is 7.62. The summed E-state index contributed by atoms with van der Waals surface area (Å²) < 4.78 is 36.8. The third-order valence-corrected chi connectivity index (χ3v) is 6.72. The van der Waals surface area contributed by atoms with E-state index in [-0.39, 0.29) is 38.2 Å². The summed E-state index contributed by atoms with van der Waals surface area (Å²) in [7, 11) is -3.27. The van der Waals surface area contributed by atoms with Crippen molar-refractivity contribution in [3.05, 3.63) is 48.3 Å². The van der Waals surface area contributed by atoms with Gasteiger partial charge >= 0.3 is 0 Å². The molecule has 0 aliphatic carbocycles. The van der Waals surface area contributed by atoms with Crippen LogP contribution in [0.25, 0.3) is 22.3 Å². The number of benzene rings is 1. The summed E-state index contributed by atoms with van der Waals surface area (Å²) in [5, 5.41) is 0. The van der Waals surface area contributed by atoms with E-state index in [1.165, 1.54) is 16.1 Å². The molecule has 1 aromatic carbocycles. The smallest absolute Gasteiger partial charge is 0.242 e. The Morgan fingerprint density at radius 2 is 1.85 bits per heavy atom. The van der Waals surface area contributed by atoms with Gasteiger partial charge in [0.1, 0.15) is 12.7 Å². The van der Waals surface area contributed by atoms with Crippen molar-refractivity contribution < 1.29 is 17.9 Å². The first kappa shape index (κ1) is 25.4. The molecule has 3 heterocycles. The fraction of sp³-hybridized carbons (Fsp3) is 0.435. The lowest BCUT2D eigenvalue weighted by molar-refractivity contribution is -0.0252. The van der Waals surface area contributed by atoms with Crippen LogP contribution in [-0.4, -0.2) is 66.3 Å². The summed E-state index contributed by atoms with van der Waals surface area (Å²) in [6.07, 6.45) is 4.04. The first-order chi connectivity index (χ1) is 15.1. The second-order valence-electron chi connectivity index (χ2n) is 8.99. The van der Waals surface area contributed by atoms with Crippen molar-refractivity contribution in [2.75, 3.05) is 32.6 Å². The van der Waals surface area contributed by atoms with Crippen LogP contribution in [0.3, 0.4) is 0 Å². The average molecular weight is 491 g/mol. The van der Waals surface area contributed by atoms with Gasteiger partial charge < -0.3 is 9.47 Å². The van der Waals surface area contributed by atoms with Gasteiger partial charge in [-0.3, -0.25) is 4.98 Å². The van der Waals surface area contributed by atoms with E-state index in [9.17, 15) is 8.42 Å². The Bertz CT molecular complexity index is 1210. The van der Waals surface area contributed by atoms with E-state index >= 15 is 0 Å². The highest BCUT2D eigenvalue weighted by Gasteiger charge is 2.27. The average Bonchev–Trinajstić information content (AvgIpc) is 2.76. The van der Waals surface area contributed by atoms with Crippen LogP contribution in [0.4, 0.5) is 0 Å². The predicted molar refractivity (Wildman–Crippen MR) is 134 cm³/mol. The Balaban J connectivity index is 0.00000306. The van der Waals surface area contributed by atoms with Crippen LogP contribution in [-0.2, 0) is 20.2 Å². The molecular formula is C23H30N4O4S2. The molecular weight excluding hydrogens is 460 g/mol. The minimum Gasteiger partial charge on any atom is -0.473 e. The number of fused-ring (bicyclic) bond motifs is 1. The summed E-state index contributed by atoms with van der Waals surface area (Å²) in [4.78, 5) is 13.5. The van der Waals surface area contributed by atoms with Crippen molar-refractivity contribution in [1.82, 2.24) is 19.3 Å². The lowest BCUT2D eigenvalue weighted by Gasteiger charge is -2.30. The Morgan fingerprint density at radius 3 is 2.52 bits per heavy atom. The normalized spacial score (nSPS) is 17.5. The SMILES string of the molecule is CC(C)(C)c1ccc(-c2cc3nccnc3c(OC[C@@H]3CN(S(C)(=O)=O)CCO3)n2)cc1.S. The second-order valence-corrected chi connectivity index (χ2v) is 11.0. The van der Waals surface area contributed by atoms with E-state index in [1.54, 1.807) is 12.4 Å². The number of pyridine rings is 1. The summed E-state index contributed by atoms with van der Waals surface area (Å²) in [5.41, 5.74) is 4.22. The van der Waals surface area contributed by atoms with Crippen molar-refractivity contribution in [1.29, 1.82) is 0 Å². The quantitative estimate of drug-likeness (QED) is 0.542. The van der Waals surface area contributed by atoms with E-state index in [4.69, 9.17) is 14.5 Å². The number of morpholine rings is 1. The number of aromatic nitrogens is 3. The summed E-state index contributed by atoms with van der Waals surface area (Å²) in [6, 6.07) is 10.2. The Morgan fingerprint density at radius 1 is 1.15 bits per heavy atom. The van der Waals surface area contributed by atoms with Crippen LogP contribution < -0.4 is 4.74 Å². The molecule has 4 rings (SSSR count). The predicted octanol–water partition coefficient (Wildman–Crippen LogP) is 3.14. The highest BCUT2D eigenvalue weighted by Crippen LogP contribution is 2.29. The van der Waals surface area contributed by atoms with Crippen LogP contribution in [0.1, 0.15) is 26.3 Å². The number of sulfonamides is 1. The molecule has 0 spiro atoms. The molecule has 33 heavy (non-hydrogen) atoms. The molecule has 1 saturated heterocycles. The van der Waals surface area contributed by atoms with Crippen LogP contribution in [0, 0.1) is 0 Å². The summed E-state index contributed by atoms with van der Waals surface area (Å²) in [5.74, 6) is 0.352. The van der Waals surface area contributed by atoms with Crippen LogP contribution in [0.15, 0.2) is 42.7 Å². The Kier molecular flexibility index (Phi) is 7.62. The van der Waals surface area contributed by atoms with Gasteiger partial charge in [0.2, 0.25) is 15.9 Å². The molecule has 2 aromatic heterocycles. The van der Waals surface area contributed by atoms with Crippen LogP contribution in [0.5, 0.6) is 5.88 Å². The molecule has 1 atom stereocenters. The van der Waals surface area contributed by atoms with Gasteiger partial charge in [0.05, 0.1) is 24.1 Å². The molecule has 10 heteroatoms. The number of hydrogen-bond donors (Lipinski definition) is 0. The molecule has 1 aliphatic rings. The number of ether oxygens (including phenoxy) is 2. The first-order valence-corrected chi connectivity index (χ1v) is 12.4. The number of hydrogen-bond acceptors (Lipinski definition) is 7. The van der Waals surface area contributed by atoms with E-state index in [0.29, 0.717) is 30.1 Å². The molecule has 1 aliphatic heterocycles. The maximum Gasteiger partial charge on any atom is 0.242 e. The highest BCUT2D eigenvalue weighted by atomic mass is 32.2. The molecule has 3 aromatic rings. The molecule has 0 bridgehead atoms. The van der Waals surface area contributed by atoms with Gasteiger partial charge in [-0.15, -0.1) is 0 Å². The first-order valence-electron chi connectivity index (χ1n) is 10.5. The summed E-state index contributed by atoms with van der Waals surface area (Å²) >= 11 is 0. The van der Waals surface area contributed by atoms with Gasteiger partial charge in [-0.05, 0) is 17.0 Å². The van der Waals surface area contributed by atoms with E-state index in [0.717, 1.165) is 11.3 Å². The van der Waals surface area contributed by atoms with Crippen molar-refractivity contribution in [2.24, 2.45) is 0 Å². The van der Waals surface area contributed by atoms with Crippen LogP contribution in [0.2, 0.25) is 0 Å². The van der Waals surface area contributed by atoms with Crippen LogP contribution >= 0.6 is 13.5 Å². The van der Waals surface area contributed by atoms with Crippen molar-refractivity contribution in [3.63, 3.8) is 0 Å². The maximum atomic E-state index is 11.9. The zero-order chi connectivity index (χ0) is 22.9. The van der Waals surface area contributed by atoms with Crippen molar-refractivity contribution in [3.8, 4) is 17.1 Å². The van der Waals surface area contributed by atoms with Gasteiger partial charge in [-0.2, -0.15) is 17.8 Å². The molecule has 8 nitrogen and oxygen atoms in total. The molecule has 0 saturated carbocycles. The van der Waals surface area contributed by atoms with Crippen molar-refractivity contribution >= 4 is 34.6 Å². The fourth-order valence-electron chi connectivity index (χ4n) is 3.60. The molecule has 0 amide bonds. The fourth-order valence-corrected chi connectivity index (χ4v) is 4.44. The monoisotopic (exact) mass is 490 g/mol. The number of rotatable bonds is 5. The Hall–Kier alpha value is -2.27. The van der Waals surface area contributed by atoms with Gasteiger partial charge in [0, 0.05) is 31.0 Å². The van der Waals surface area contributed by atoms with Gasteiger partial charge in [-0.1, -0.05) is 45.0 Å². The lowest BCUT2D eigenvalue weighted by atomic mass is 9.86. The lowest BCUT2D eigenvalue weighted by Crippen LogP contribution is -2.47. The molecule has 0 N–H and O–H groups in total. The van der Waals surface area contributed by atoms with E-state index in [1.807, 2.05) is 18.2 Å². The van der Waals surface area contributed by atoms with Gasteiger partial charge in [0.15, 0.2) is 5.52 Å². The largest absolute Gasteiger partial charge is 0.473 e. The molecule has 0 radical (unpaired) electrons. The van der Waals surface area contributed by atoms with E-state index in [2.05, 4.69) is 42.9 Å². The zero-order valence-electron chi connectivity index (χ0n) is 19.3. The third kappa shape index (κ3) is 6.00. The molecule has 0 unspecified atom stereocenters. The highest BCUT2D eigenvalue weighted by molar-refractivity contribution is 7.88. The van der Waals surface area contributed by atoms with Gasteiger partial charge in [-0.25, -0.2) is 18.4 Å². The number of nitrogens with zero attached hydrogens (tertiary/aromatic N) is 4. The van der Waals surface area contributed by atoms with Crippen molar-refractivity contribution in [2.45, 2.75) is 32.3 Å². The molecule has 1 fully saturated rings. The Labute approximate surface area is 201 Å². The maximum absolute atomic E-state index is 11.9. The zero-order valence-corrected chi connectivity index (χ0v) is 21.1.